The molecule has 0 fully saturated rings. The van der Waals surface area contributed by atoms with Crippen LogP contribution < -0.4 is 5.32 Å². The molecule has 0 saturated heterocycles. The predicted octanol–water partition coefficient (Wildman–Crippen LogP) is 2.95. The Bertz CT molecular complexity index is 1110. The van der Waals surface area contributed by atoms with Crippen LogP contribution >= 0.6 is 11.8 Å². The fourth-order valence-corrected chi connectivity index (χ4v) is 3.55. The van der Waals surface area contributed by atoms with E-state index in [4.69, 9.17) is 0 Å². The molecule has 29 heavy (non-hydrogen) atoms. The van der Waals surface area contributed by atoms with Crippen molar-refractivity contribution in [2.75, 3.05) is 11.1 Å². The van der Waals surface area contributed by atoms with E-state index in [1.54, 1.807) is 21.6 Å². The van der Waals surface area contributed by atoms with Crippen molar-refractivity contribution in [3.8, 4) is 5.69 Å². The number of tetrazole rings is 1. The molecule has 9 heteroatoms. The van der Waals surface area contributed by atoms with Gasteiger partial charge in [0.25, 0.3) is 0 Å². The first kappa shape index (κ1) is 18.9. The van der Waals surface area contributed by atoms with E-state index in [0.29, 0.717) is 17.5 Å². The van der Waals surface area contributed by atoms with Gasteiger partial charge in [-0.05, 0) is 35.0 Å². The van der Waals surface area contributed by atoms with Gasteiger partial charge in [-0.1, -0.05) is 59.8 Å². The topological polar surface area (TPSA) is 90.5 Å². The number of aryl methyl sites for hydroxylation is 1. The third-order valence-electron chi connectivity index (χ3n) is 4.17. The molecule has 8 nitrogen and oxygen atoms in total. The summed E-state index contributed by atoms with van der Waals surface area (Å²) in [6.45, 7) is 2.64. The fraction of sp³-hybridized carbons (Fsp3) is 0.150. The number of para-hydroxylation sites is 1. The summed E-state index contributed by atoms with van der Waals surface area (Å²) in [5.74, 6) is 0.686. The third kappa shape index (κ3) is 4.69. The number of aromatic nitrogens is 6. The van der Waals surface area contributed by atoms with Crippen LogP contribution in [0, 0.1) is 6.92 Å². The second-order valence-electron chi connectivity index (χ2n) is 6.41. The number of nitrogens with zero attached hydrogens (tertiary/aromatic N) is 6. The minimum atomic E-state index is -0.149. The standard InChI is InChI=1S/C20H19N7OS/c1-15-6-5-7-16(12-15)13-26-18(10-11-21-26)22-19(28)14-29-20-23-24-25-27(20)17-8-3-2-4-9-17/h2-12H,13-14H2,1H3,(H,22,28). The van der Waals surface area contributed by atoms with Gasteiger partial charge in [0.15, 0.2) is 0 Å². The minimum Gasteiger partial charge on any atom is -0.310 e. The van der Waals surface area contributed by atoms with Gasteiger partial charge in [-0.15, -0.1) is 5.10 Å². The average Bonchev–Trinajstić information content (AvgIpc) is 3.37. The smallest absolute Gasteiger partial charge is 0.235 e. The number of carbonyl (C=O) groups excluding carboxylic acids is 1. The van der Waals surface area contributed by atoms with Gasteiger partial charge in [0, 0.05) is 6.07 Å². The van der Waals surface area contributed by atoms with Crippen LogP contribution in [0.15, 0.2) is 72.0 Å². The number of benzene rings is 2. The van der Waals surface area contributed by atoms with E-state index in [1.165, 1.54) is 17.3 Å². The van der Waals surface area contributed by atoms with Crippen molar-refractivity contribution in [3.05, 3.63) is 78.0 Å². The van der Waals surface area contributed by atoms with Crippen LogP contribution in [0.4, 0.5) is 5.82 Å². The molecule has 0 saturated carbocycles. The summed E-state index contributed by atoms with van der Waals surface area (Å²) in [5, 5.41) is 19.5. The Morgan fingerprint density at radius 3 is 2.79 bits per heavy atom. The van der Waals surface area contributed by atoms with E-state index >= 15 is 0 Å². The van der Waals surface area contributed by atoms with Crippen LogP contribution in [0.2, 0.25) is 0 Å². The second-order valence-corrected chi connectivity index (χ2v) is 7.35. The maximum absolute atomic E-state index is 12.5. The number of hydrogen-bond acceptors (Lipinski definition) is 6. The Hall–Kier alpha value is -3.46. The van der Waals surface area contributed by atoms with Gasteiger partial charge in [-0.2, -0.15) is 9.78 Å². The Labute approximate surface area is 171 Å². The van der Waals surface area contributed by atoms with E-state index in [9.17, 15) is 4.79 Å². The molecule has 0 aliphatic heterocycles. The van der Waals surface area contributed by atoms with Gasteiger partial charge in [-0.25, -0.2) is 4.68 Å². The first-order valence-corrected chi connectivity index (χ1v) is 10.0. The highest BCUT2D eigenvalue weighted by Crippen LogP contribution is 2.18. The van der Waals surface area contributed by atoms with E-state index in [2.05, 4.69) is 45.0 Å². The molecule has 0 bridgehead atoms. The van der Waals surface area contributed by atoms with Crippen molar-refractivity contribution in [2.24, 2.45) is 0 Å². The largest absolute Gasteiger partial charge is 0.310 e. The fourth-order valence-electron chi connectivity index (χ4n) is 2.86. The average molecular weight is 405 g/mol. The normalized spacial score (nSPS) is 10.8. The lowest BCUT2D eigenvalue weighted by Gasteiger charge is -2.09. The first-order valence-electron chi connectivity index (χ1n) is 9.03. The van der Waals surface area contributed by atoms with E-state index in [1.807, 2.05) is 42.5 Å². The lowest BCUT2D eigenvalue weighted by Crippen LogP contribution is -2.18. The molecule has 146 valence electrons. The number of carbonyl (C=O) groups is 1. The molecule has 2 heterocycles. The predicted molar refractivity (Wildman–Crippen MR) is 111 cm³/mol. The van der Waals surface area contributed by atoms with Gasteiger partial charge in [0.05, 0.1) is 24.2 Å². The summed E-state index contributed by atoms with van der Waals surface area (Å²) < 4.78 is 3.38. The highest BCUT2D eigenvalue weighted by Gasteiger charge is 2.13. The zero-order valence-corrected chi connectivity index (χ0v) is 16.6. The van der Waals surface area contributed by atoms with Crippen molar-refractivity contribution >= 4 is 23.5 Å². The number of hydrogen-bond donors (Lipinski definition) is 1. The minimum absolute atomic E-state index is 0.149. The van der Waals surface area contributed by atoms with Crippen LogP contribution in [0.3, 0.4) is 0 Å². The number of amides is 1. The first-order chi connectivity index (χ1) is 14.2. The maximum atomic E-state index is 12.5. The maximum Gasteiger partial charge on any atom is 0.235 e. The van der Waals surface area contributed by atoms with Gasteiger partial charge >= 0.3 is 0 Å². The zero-order valence-electron chi connectivity index (χ0n) is 15.8. The molecule has 0 unspecified atom stereocenters. The SMILES string of the molecule is Cc1cccc(Cn2nccc2NC(=O)CSc2nnnn2-c2ccccc2)c1. The molecule has 0 spiro atoms. The third-order valence-corrected chi connectivity index (χ3v) is 5.09. The van der Waals surface area contributed by atoms with Gasteiger partial charge in [0.1, 0.15) is 5.82 Å². The number of nitrogens with one attached hydrogen (secondary N) is 1. The summed E-state index contributed by atoms with van der Waals surface area (Å²) in [6.07, 6.45) is 1.68. The lowest BCUT2D eigenvalue weighted by atomic mass is 10.1. The Kier molecular flexibility index (Phi) is 5.66. The Balaban J connectivity index is 1.38. The van der Waals surface area contributed by atoms with Crippen LogP contribution in [-0.2, 0) is 11.3 Å². The Morgan fingerprint density at radius 1 is 1.10 bits per heavy atom. The second kappa shape index (κ2) is 8.70. The molecule has 0 aliphatic rings. The number of thioether (sulfide) groups is 1. The monoisotopic (exact) mass is 405 g/mol. The molecule has 4 rings (SSSR count). The van der Waals surface area contributed by atoms with E-state index in [-0.39, 0.29) is 11.7 Å². The van der Waals surface area contributed by atoms with Crippen molar-refractivity contribution in [1.29, 1.82) is 0 Å². The zero-order chi connectivity index (χ0) is 20.1. The molecule has 2 aromatic carbocycles. The highest BCUT2D eigenvalue weighted by molar-refractivity contribution is 7.99. The van der Waals surface area contributed by atoms with E-state index < -0.39 is 0 Å². The summed E-state index contributed by atoms with van der Waals surface area (Å²) >= 11 is 1.28. The summed E-state index contributed by atoms with van der Waals surface area (Å²) in [7, 11) is 0. The molecule has 1 amide bonds. The van der Waals surface area contributed by atoms with Crippen LogP contribution in [0.1, 0.15) is 11.1 Å². The Morgan fingerprint density at radius 2 is 1.97 bits per heavy atom. The van der Waals surface area contributed by atoms with Gasteiger partial charge in [0.2, 0.25) is 11.1 Å². The number of anilines is 1. The van der Waals surface area contributed by atoms with Crippen molar-refractivity contribution in [2.45, 2.75) is 18.6 Å². The van der Waals surface area contributed by atoms with Crippen molar-refractivity contribution in [3.63, 3.8) is 0 Å². The summed E-state index contributed by atoms with van der Waals surface area (Å²) in [4.78, 5) is 12.5. The van der Waals surface area contributed by atoms with Crippen LogP contribution in [-0.4, -0.2) is 41.6 Å². The van der Waals surface area contributed by atoms with Crippen molar-refractivity contribution < 1.29 is 4.79 Å². The lowest BCUT2D eigenvalue weighted by molar-refractivity contribution is -0.113. The molecule has 4 aromatic rings. The van der Waals surface area contributed by atoms with Gasteiger partial charge in [-0.3, -0.25) is 4.79 Å². The molecule has 0 radical (unpaired) electrons. The summed E-state index contributed by atoms with van der Waals surface area (Å²) in [5.41, 5.74) is 3.16. The molecular weight excluding hydrogens is 386 g/mol. The molecule has 2 aromatic heterocycles. The molecule has 1 N–H and O–H groups in total. The van der Waals surface area contributed by atoms with Gasteiger partial charge < -0.3 is 5.32 Å². The molecule has 0 aliphatic carbocycles. The van der Waals surface area contributed by atoms with Crippen molar-refractivity contribution in [1.82, 2.24) is 30.0 Å². The molecule has 0 atom stereocenters. The summed E-state index contributed by atoms with van der Waals surface area (Å²) in [6, 6.07) is 19.6. The quantitative estimate of drug-likeness (QED) is 0.476. The highest BCUT2D eigenvalue weighted by atomic mass is 32.2. The van der Waals surface area contributed by atoms with Crippen LogP contribution in [0.25, 0.3) is 5.69 Å². The number of rotatable bonds is 7. The van der Waals surface area contributed by atoms with E-state index in [0.717, 1.165) is 11.3 Å². The molecular formula is C20H19N7OS. The van der Waals surface area contributed by atoms with Crippen LogP contribution in [0.5, 0.6) is 0 Å².